The van der Waals surface area contributed by atoms with Gasteiger partial charge in [0.15, 0.2) is 17.3 Å². The molecular weight excluding hydrogens is 268 g/mol. The Morgan fingerprint density at radius 2 is 1.86 bits per heavy atom. The zero-order valence-electron chi connectivity index (χ0n) is 12.6. The van der Waals surface area contributed by atoms with Crippen LogP contribution in [0.5, 0.6) is 11.5 Å². The van der Waals surface area contributed by atoms with Crippen LogP contribution in [0, 0.1) is 0 Å². The first-order valence-corrected chi connectivity index (χ1v) is 7.16. The predicted molar refractivity (Wildman–Crippen MR) is 80.1 cm³/mol. The van der Waals surface area contributed by atoms with Crippen LogP contribution in [0.3, 0.4) is 0 Å². The van der Waals surface area contributed by atoms with Gasteiger partial charge in [-0.2, -0.15) is 0 Å². The van der Waals surface area contributed by atoms with Gasteiger partial charge < -0.3 is 14.0 Å². The molecule has 112 valence electrons. The highest BCUT2D eigenvalue weighted by molar-refractivity contribution is 6.07. The zero-order valence-corrected chi connectivity index (χ0v) is 12.6. The molecule has 0 bridgehead atoms. The molecule has 0 aliphatic rings. The van der Waals surface area contributed by atoms with E-state index in [1.807, 2.05) is 25.3 Å². The summed E-state index contributed by atoms with van der Waals surface area (Å²) in [5, 5.41) is 0. The van der Waals surface area contributed by atoms with Gasteiger partial charge in [-0.25, -0.2) is 4.98 Å². The van der Waals surface area contributed by atoms with Crippen LogP contribution in [0.25, 0.3) is 0 Å². The molecule has 0 N–H and O–H groups in total. The predicted octanol–water partition coefficient (Wildman–Crippen LogP) is 2.93. The van der Waals surface area contributed by atoms with Crippen molar-refractivity contribution in [1.29, 1.82) is 0 Å². The van der Waals surface area contributed by atoms with Crippen molar-refractivity contribution in [1.82, 2.24) is 9.55 Å². The topological polar surface area (TPSA) is 53.3 Å². The largest absolute Gasteiger partial charge is 0.490 e. The Kier molecular flexibility index (Phi) is 4.98. The summed E-state index contributed by atoms with van der Waals surface area (Å²) in [6.07, 6.45) is 3.43. The lowest BCUT2D eigenvalue weighted by Crippen LogP contribution is -2.11. The molecule has 5 heteroatoms. The Labute approximate surface area is 124 Å². The highest BCUT2D eigenvalue weighted by Crippen LogP contribution is 2.29. The second kappa shape index (κ2) is 6.92. The normalized spacial score (nSPS) is 10.4. The second-order valence-corrected chi connectivity index (χ2v) is 4.39. The smallest absolute Gasteiger partial charge is 0.228 e. The Morgan fingerprint density at radius 1 is 1.14 bits per heavy atom. The lowest BCUT2D eigenvalue weighted by molar-refractivity contribution is 0.102. The van der Waals surface area contributed by atoms with Gasteiger partial charge in [-0.05, 0) is 39.0 Å². The van der Waals surface area contributed by atoms with Crippen LogP contribution >= 0.6 is 0 Å². The van der Waals surface area contributed by atoms with Crippen LogP contribution in [0.4, 0.5) is 0 Å². The highest BCUT2D eigenvalue weighted by atomic mass is 16.5. The van der Waals surface area contributed by atoms with E-state index in [4.69, 9.17) is 9.47 Å². The number of hydrogen-bond donors (Lipinski definition) is 0. The van der Waals surface area contributed by atoms with Crippen molar-refractivity contribution in [2.45, 2.75) is 27.3 Å². The van der Waals surface area contributed by atoms with Crippen LogP contribution in [0.15, 0.2) is 30.6 Å². The van der Waals surface area contributed by atoms with Crippen molar-refractivity contribution in [2.75, 3.05) is 13.2 Å². The minimum absolute atomic E-state index is 0.120. The fourth-order valence-electron chi connectivity index (χ4n) is 2.09. The maximum Gasteiger partial charge on any atom is 0.228 e. The number of ether oxygens (including phenoxy) is 2. The Bertz CT molecular complexity index is 620. The summed E-state index contributed by atoms with van der Waals surface area (Å²) in [5.41, 5.74) is 0.544. The molecule has 1 aromatic carbocycles. The Hall–Kier alpha value is -2.30. The minimum Gasteiger partial charge on any atom is -0.490 e. The van der Waals surface area contributed by atoms with Crippen molar-refractivity contribution in [3.05, 3.63) is 42.0 Å². The monoisotopic (exact) mass is 288 g/mol. The van der Waals surface area contributed by atoms with Gasteiger partial charge in [0.1, 0.15) is 0 Å². The van der Waals surface area contributed by atoms with Gasteiger partial charge in [0.2, 0.25) is 5.78 Å². The molecule has 2 aromatic rings. The molecule has 0 atom stereocenters. The molecule has 5 nitrogen and oxygen atoms in total. The SMILES string of the molecule is CCOc1ccc(C(=O)c2nccn2CC)cc1OCC. The number of rotatable bonds is 7. The molecule has 0 fully saturated rings. The van der Waals surface area contributed by atoms with Crippen molar-refractivity contribution < 1.29 is 14.3 Å². The molecule has 0 amide bonds. The first kappa shape index (κ1) is 15.1. The van der Waals surface area contributed by atoms with E-state index in [-0.39, 0.29) is 5.78 Å². The van der Waals surface area contributed by atoms with Crippen LogP contribution in [0.1, 0.15) is 37.0 Å². The number of carbonyl (C=O) groups excluding carboxylic acids is 1. The summed E-state index contributed by atoms with van der Waals surface area (Å²) in [6.45, 7) is 7.55. The molecule has 0 radical (unpaired) electrons. The number of ketones is 1. The number of carbonyl (C=O) groups is 1. The highest BCUT2D eigenvalue weighted by Gasteiger charge is 2.17. The van der Waals surface area contributed by atoms with E-state index in [1.54, 1.807) is 30.6 Å². The third-order valence-electron chi connectivity index (χ3n) is 3.06. The second-order valence-electron chi connectivity index (χ2n) is 4.39. The van der Waals surface area contributed by atoms with Crippen LogP contribution in [0.2, 0.25) is 0 Å². The molecule has 2 rings (SSSR count). The fraction of sp³-hybridized carbons (Fsp3) is 0.375. The summed E-state index contributed by atoms with van der Waals surface area (Å²) >= 11 is 0. The zero-order chi connectivity index (χ0) is 15.2. The van der Waals surface area contributed by atoms with Gasteiger partial charge in [-0.1, -0.05) is 0 Å². The molecule has 1 aromatic heterocycles. The third-order valence-corrected chi connectivity index (χ3v) is 3.06. The summed E-state index contributed by atoms with van der Waals surface area (Å²) in [4.78, 5) is 16.7. The van der Waals surface area contributed by atoms with E-state index in [9.17, 15) is 4.79 Å². The molecular formula is C16H20N2O3. The Balaban J connectivity index is 2.35. The molecule has 0 spiro atoms. The summed E-state index contributed by atoms with van der Waals surface area (Å²) in [5.74, 6) is 1.55. The van der Waals surface area contributed by atoms with Crippen molar-refractivity contribution in [3.8, 4) is 11.5 Å². The van der Waals surface area contributed by atoms with Gasteiger partial charge in [0, 0.05) is 24.5 Å². The first-order chi connectivity index (χ1) is 10.2. The van der Waals surface area contributed by atoms with Gasteiger partial charge in [0.05, 0.1) is 13.2 Å². The van der Waals surface area contributed by atoms with E-state index >= 15 is 0 Å². The molecule has 0 saturated carbocycles. The molecule has 0 aliphatic heterocycles. The van der Waals surface area contributed by atoms with Crippen LogP contribution in [-0.2, 0) is 6.54 Å². The van der Waals surface area contributed by atoms with E-state index in [2.05, 4.69) is 4.98 Å². The molecule has 0 unspecified atom stereocenters. The van der Waals surface area contributed by atoms with Crippen molar-refractivity contribution >= 4 is 5.78 Å². The standard InChI is InChI=1S/C16H20N2O3/c1-4-18-10-9-17-16(18)15(19)12-7-8-13(20-5-2)14(11-12)21-6-3/h7-11H,4-6H2,1-3H3. The first-order valence-electron chi connectivity index (χ1n) is 7.16. The quantitative estimate of drug-likeness (QED) is 0.735. The number of hydrogen-bond acceptors (Lipinski definition) is 4. The van der Waals surface area contributed by atoms with Crippen LogP contribution in [-0.4, -0.2) is 28.5 Å². The number of aryl methyl sites for hydroxylation is 1. The lowest BCUT2D eigenvalue weighted by Gasteiger charge is -2.12. The van der Waals surface area contributed by atoms with E-state index in [0.29, 0.717) is 42.6 Å². The van der Waals surface area contributed by atoms with E-state index < -0.39 is 0 Å². The number of nitrogens with zero attached hydrogens (tertiary/aromatic N) is 2. The number of aromatic nitrogens is 2. The summed E-state index contributed by atoms with van der Waals surface area (Å²) in [7, 11) is 0. The van der Waals surface area contributed by atoms with Gasteiger partial charge in [0.25, 0.3) is 0 Å². The molecule has 1 heterocycles. The summed E-state index contributed by atoms with van der Waals surface area (Å²) in [6, 6.07) is 5.22. The van der Waals surface area contributed by atoms with Gasteiger partial charge in [-0.3, -0.25) is 4.79 Å². The summed E-state index contributed by atoms with van der Waals surface area (Å²) < 4.78 is 12.9. The van der Waals surface area contributed by atoms with E-state index in [0.717, 1.165) is 0 Å². The van der Waals surface area contributed by atoms with Crippen molar-refractivity contribution in [2.24, 2.45) is 0 Å². The van der Waals surface area contributed by atoms with Crippen molar-refractivity contribution in [3.63, 3.8) is 0 Å². The maximum atomic E-state index is 12.5. The van der Waals surface area contributed by atoms with Gasteiger partial charge in [-0.15, -0.1) is 0 Å². The molecule has 0 aliphatic carbocycles. The lowest BCUT2D eigenvalue weighted by atomic mass is 10.1. The average molecular weight is 288 g/mol. The average Bonchev–Trinajstić information content (AvgIpc) is 2.97. The van der Waals surface area contributed by atoms with Gasteiger partial charge >= 0.3 is 0 Å². The third kappa shape index (κ3) is 3.24. The number of imidazole rings is 1. The van der Waals surface area contributed by atoms with E-state index in [1.165, 1.54) is 0 Å². The number of benzene rings is 1. The fourth-order valence-corrected chi connectivity index (χ4v) is 2.09. The minimum atomic E-state index is -0.120. The molecule has 0 saturated heterocycles. The maximum absolute atomic E-state index is 12.5. The Morgan fingerprint density at radius 3 is 2.52 bits per heavy atom. The van der Waals surface area contributed by atoms with Crippen LogP contribution < -0.4 is 9.47 Å². The molecule has 21 heavy (non-hydrogen) atoms.